The quantitative estimate of drug-likeness (QED) is 0.672. The zero-order valence-corrected chi connectivity index (χ0v) is 15.1. The molecule has 1 fully saturated rings. The van der Waals surface area contributed by atoms with Crippen molar-refractivity contribution < 1.29 is 19.1 Å². The van der Waals surface area contributed by atoms with Crippen LogP contribution in [0, 0.1) is 5.41 Å². The normalized spacial score (nSPS) is 15.2. The maximum Gasteiger partial charge on any atom is 0.337 e. The Labute approximate surface area is 148 Å². The van der Waals surface area contributed by atoms with Crippen LogP contribution in [-0.4, -0.2) is 42.9 Å². The Bertz CT molecular complexity index is 629. The van der Waals surface area contributed by atoms with Gasteiger partial charge in [-0.15, -0.1) is 0 Å². The van der Waals surface area contributed by atoms with Crippen molar-refractivity contribution in [1.29, 1.82) is 0 Å². The molecule has 2 amide bonds. The van der Waals surface area contributed by atoms with Gasteiger partial charge in [-0.1, -0.05) is 12.8 Å². The highest BCUT2D eigenvalue weighted by molar-refractivity contribution is 6.10. The van der Waals surface area contributed by atoms with Gasteiger partial charge in [0.15, 0.2) is 0 Å². The van der Waals surface area contributed by atoms with E-state index in [1.165, 1.54) is 7.11 Å². The maximum atomic E-state index is 12.8. The summed E-state index contributed by atoms with van der Waals surface area (Å²) in [6.07, 6.45) is 4.22. The number of nitrogens with zero attached hydrogens (tertiary/aromatic N) is 1. The van der Waals surface area contributed by atoms with Crippen LogP contribution in [0.1, 0.15) is 49.9 Å². The van der Waals surface area contributed by atoms with Crippen molar-refractivity contribution in [2.24, 2.45) is 5.41 Å². The Balaban J connectivity index is 2.04. The summed E-state index contributed by atoms with van der Waals surface area (Å²) < 4.78 is 4.64. The van der Waals surface area contributed by atoms with Crippen molar-refractivity contribution in [2.45, 2.75) is 39.5 Å². The maximum absolute atomic E-state index is 12.8. The Morgan fingerprint density at radius 1 is 1.00 bits per heavy atom. The molecule has 0 saturated carbocycles. The van der Waals surface area contributed by atoms with Crippen LogP contribution in [-0.2, 0) is 14.3 Å². The first-order valence-electron chi connectivity index (χ1n) is 8.65. The number of hydrogen-bond donors (Lipinski definition) is 1. The van der Waals surface area contributed by atoms with E-state index >= 15 is 0 Å². The van der Waals surface area contributed by atoms with Gasteiger partial charge in [-0.05, 0) is 51.0 Å². The van der Waals surface area contributed by atoms with E-state index in [0.29, 0.717) is 24.3 Å². The molecule has 1 aromatic rings. The number of esters is 1. The Hall–Kier alpha value is -2.37. The summed E-state index contributed by atoms with van der Waals surface area (Å²) in [7, 11) is 1.31. The van der Waals surface area contributed by atoms with Gasteiger partial charge in [0.2, 0.25) is 11.8 Å². The monoisotopic (exact) mass is 346 g/mol. The first-order valence-corrected chi connectivity index (χ1v) is 8.65. The summed E-state index contributed by atoms with van der Waals surface area (Å²) in [4.78, 5) is 38.7. The molecular formula is C19H26N2O4. The van der Waals surface area contributed by atoms with E-state index < -0.39 is 11.4 Å². The van der Waals surface area contributed by atoms with Crippen molar-refractivity contribution in [2.75, 3.05) is 25.5 Å². The van der Waals surface area contributed by atoms with Crippen LogP contribution < -0.4 is 5.32 Å². The number of carbonyl (C=O) groups is 3. The number of benzene rings is 1. The molecule has 0 radical (unpaired) electrons. The molecule has 1 aliphatic rings. The number of anilines is 1. The minimum atomic E-state index is -1.15. The summed E-state index contributed by atoms with van der Waals surface area (Å²) in [5, 5.41) is 2.76. The molecule has 1 aliphatic heterocycles. The predicted molar refractivity (Wildman–Crippen MR) is 95.2 cm³/mol. The lowest BCUT2D eigenvalue weighted by atomic mass is 9.90. The SMILES string of the molecule is COC(=O)c1ccc(NC(=O)C(C)(C)C(=O)N2CCCCCC2)cc1. The fraction of sp³-hybridized carbons (Fsp3) is 0.526. The smallest absolute Gasteiger partial charge is 0.337 e. The van der Waals surface area contributed by atoms with Gasteiger partial charge in [-0.25, -0.2) is 4.79 Å². The summed E-state index contributed by atoms with van der Waals surface area (Å²) in [6.45, 7) is 4.73. The lowest BCUT2D eigenvalue weighted by Crippen LogP contribution is -2.47. The molecule has 25 heavy (non-hydrogen) atoms. The van der Waals surface area contributed by atoms with E-state index in [2.05, 4.69) is 10.1 Å². The summed E-state index contributed by atoms with van der Waals surface area (Å²) in [6, 6.07) is 6.39. The van der Waals surface area contributed by atoms with Crippen molar-refractivity contribution in [3.63, 3.8) is 0 Å². The van der Waals surface area contributed by atoms with Gasteiger partial charge in [0.1, 0.15) is 5.41 Å². The zero-order valence-electron chi connectivity index (χ0n) is 15.1. The van der Waals surface area contributed by atoms with Gasteiger partial charge in [0, 0.05) is 18.8 Å². The van der Waals surface area contributed by atoms with Crippen molar-refractivity contribution >= 4 is 23.5 Å². The van der Waals surface area contributed by atoms with Gasteiger partial charge < -0.3 is 15.0 Å². The number of methoxy groups -OCH3 is 1. The van der Waals surface area contributed by atoms with E-state index in [4.69, 9.17) is 0 Å². The molecule has 0 bridgehead atoms. The number of amides is 2. The second-order valence-electron chi connectivity index (χ2n) is 6.85. The minimum absolute atomic E-state index is 0.141. The fourth-order valence-corrected chi connectivity index (χ4v) is 2.86. The molecule has 1 aromatic carbocycles. The molecule has 0 aromatic heterocycles. The summed E-state index contributed by atoms with van der Waals surface area (Å²) >= 11 is 0. The van der Waals surface area contributed by atoms with E-state index in [-0.39, 0.29) is 11.8 Å². The van der Waals surface area contributed by atoms with Crippen LogP contribution >= 0.6 is 0 Å². The Morgan fingerprint density at radius 3 is 2.08 bits per heavy atom. The molecule has 0 aliphatic carbocycles. The van der Waals surface area contributed by atoms with Crippen LogP contribution in [0.3, 0.4) is 0 Å². The number of nitrogens with one attached hydrogen (secondary N) is 1. The third-order valence-electron chi connectivity index (χ3n) is 4.56. The molecule has 0 atom stereocenters. The molecule has 1 N–H and O–H groups in total. The number of likely N-dealkylation sites (tertiary alicyclic amines) is 1. The Morgan fingerprint density at radius 2 is 1.56 bits per heavy atom. The number of carbonyl (C=O) groups excluding carboxylic acids is 3. The first-order chi connectivity index (χ1) is 11.9. The van der Waals surface area contributed by atoms with E-state index in [1.807, 2.05) is 0 Å². The summed E-state index contributed by atoms with van der Waals surface area (Å²) in [5.74, 6) is -0.930. The molecule has 136 valence electrons. The van der Waals surface area contributed by atoms with Crippen molar-refractivity contribution in [1.82, 2.24) is 4.90 Å². The van der Waals surface area contributed by atoms with Gasteiger partial charge >= 0.3 is 5.97 Å². The van der Waals surface area contributed by atoms with E-state index in [1.54, 1.807) is 43.0 Å². The molecule has 6 heteroatoms. The third kappa shape index (κ3) is 4.59. The fourth-order valence-electron chi connectivity index (χ4n) is 2.86. The topological polar surface area (TPSA) is 75.7 Å². The molecule has 6 nitrogen and oxygen atoms in total. The zero-order chi connectivity index (χ0) is 18.4. The number of hydrogen-bond acceptors (Lipinski definition) is 4. The largest absolute Gasteiger partial charge is 0.465 e. The van der Waals surface area contributed by atoms with Crippen LogP contribution in [0.2, 0.25) is 0 Å². The molecule has 2 rings (SSSR count). The molecule has 1 saturated heterocycles. The third-order valence-corrected chi connectivity index (χ3v) is 4.56. The number of ether oxygens (including phenoxy) is 1. The highest BCUT2D eigenvalue weighted by Crippen LogP contribution is 2.24. The lowest BCUT2D eigenvalue weighted by Gasteiger charge is -2.30. The van der Waals surface area contributed by atoms with Crippen LogP contribution in [0.15, 0.2) is 24.3 Å². The van der Waals surface area contributed by atoms with Gasteiger partial charge in [0.05, 0.1) is 12.7 Å². The highest BCUT2D eigenvalue weighted by atomic mass is 16.5. The Kier molecular flexibility index (Phi) is 6.17. The van der Waals surface area contributed by atoms with Crippen molar-refractivity contribution in [3.05, 3.63) is 29.8 Å². The average Bonchev–Trinajstić information content (AvgIpc) is 2.90. The molecule has 0 spiro atoms. The van der Waals surface area contributed by atoms with Gasteiger partial charge in [0.25, 0.3) is 0 Å². The molecule has 1 heterocycles. The molecular weight excluding hydrogens is 320 g/mol. The first kappa shape index (κ1) is 19.0. The standard InChI is InChI=1S/C19H26N2O4/c1-19(2,18(24)21-12-6-4-5-7-13-21)17(23)20-15-10-8-14(9-11-15)16(22)25-3/h8-11H,4-7,12-13H2,1-3H3,(H,20,23). The van der Waals surface area contributed by atoms with Gasteiger partial charge in [-0.2, -0.15) is 0 Å². The van der Waals surface area contributed by atoms with Gasteiger partial charge in [-0.3, -0.25) is 9.59 Å². The molecule has 0 unspecified atom stereocenters. The van der Waals surface area contributed by atoms with E-state index in [0.717, 1.165) is 25.7 Å². The van der Waals surface area contributed by atoms with Crippen LogP contribution in [0.25, 0.3) is 0 Å². The predicted octanol–water partition coefficient (Wildman–Crippen LogP) is 2.84. The summed E-state index contributed by atoms with van der Waals surface area (Å²) in [5.41, 5.74) is -0.208. The van der Waals surface area contributed by atoms with Crippen molar-refractivity contribution in [3.8, 4) is 0 Å². The highest BCUT2D eigenvalue weighted by Gasteiger charge is 2.39. The average molecular weight is 346 g/mol. The lowest BCUT2D eigenvalue weighted by molar-refractivity contribution is -0.146. The van der Waals surface area contributed by atoms with Crippen LogP contribution in [0.4, 0.5) is 5.69 Å². The second-order valence-corrected chi connectivity index (χ2v) is 6.85. The minimum Gasteiger partial charge on any atom is -0.465 e. The second kappa shape index (κ2) is 8.14. The van der Waals surface area contributed by atoms with E-state index in [9.17, 15) is 14.4 Å². The van der Waals surface area contributed by atoms with Crippen LogP contribution in [0.5, 0.6) is 0 Å². The number of rotatable bonds is 4.